The van der Waals surface area contributed by atoms with Crippen molar-refractivity contribution in [1.29, 1.82) is 0 Å². The summed E-state index contributed by atoms with van der Waals surface area (Å²) < 4.78 is 4.95. The van der Waals surface area contributed by atoms with Crippen LogP contribution in [0.3, 0.4) is 0 Å². The van der Waals surface area contributed by atoms with E-state index in [9.17, 15) is 0 Å². The normalized spacial score (nSPS) is 38.6. The molecule has 0 aromatic rings. The Morgan fingerprint density at radius 1 is 1.14 bits per heavy atom. The zero-order valence-corrected chi connectivity index (χ0v) is 5.24. The number of hydrogen-bond acceptors (Lipinski definition) is 1. The third-order valence-electron chi connectivity index (χ3n) is 0.992. The summed E-state index contributed by atoms with van der Waals surface area (Å²) in [5.41, 5.74) is 0. The van der Waals surface area contributed by atoms with Crippen LogP contribution in [0.25, 0.3) is 0 Å². The van der Waals surface area contributed by atoms with Gasteiger partial charge in [-0.1, -0.05) is 0 Å². The average molecular weight is 141 g/mol. The Hall–Kier alpha value is 0.540. The highest BCUT2D eigenvalue weighted by molar-refractivity contribution is 6.19. The highest BCUT2D eigenvalue weighted by Crippen LogP contribution is 2.23. The molecule has 1 fully saturated rings. The summed E-state index contributed by atoms with van der Waals surface area (Å²) in [5, 5.41) is 0. The molecule has 7 heavy (non-hydrogen) atoms. The van der Waals surface area contributed by atoms with Crippen molar-refractivity contribution in [2.45, 2.75) is 12.2 Å². The summed E-state index contributed by atoms with van der Waals surface area (Å²) in [6.45, 7) is 0. The molecule has 0 radical (unpaired) electrons. The number of ether oxygens (including phenoxy) is 1. The van der Waals surface area contributed by atoms with Gasteiger partial charge in [0, 0.05) is 0 Å². The minimum Gasteiger partial charge on any atom is -0.367 e. The van der Waals surface area contributed by atoms with Crippen molar-refractivity contribution in [3.63, 3.8) is 0 Å². The fourth-order valence-electron chi connectivity index (χ4n) is 0.451. The van der Waals surface area contributed by atoms with Crippen molar-refractivity contribution >= 4 is 23.2 Å². The molecule has 0 aliphatic carbocycles. The zero-order valence-electron chi connectivity index (χ0n) is 3.73. The zero-order chi connectivity index (χ0) is 5.28. The molecule has 1 aliphatic rings. The molecule has 42 valence electrons. The lowest BCUT2D eigenvalue weighted by Gasteiger charge is -1.75. The second-order valence-corrected chi connectivity index (χ2v) is 2.14. The molecule has 1 saturated heterocycles. The Balaban J connectivity index is 2.06. The van der Waals surface area contributed by atoms with Gasteiger partial charge in [-0.2, -0.15) is 0 Å². The number of hydrogen-bond donors (Lipinski definition) is 0. The predicted molar refractivity (Wildman–Crippen MR) is 30.1 cm³/mol. The van der Waals surface area contributed by atoms with E-state index < -0.39 is 0 Å². The van der Waals surface area contributed by atoms with Gasteiger partial charge in [0.2, 0.25) is 0 Å². The summed E-state index contributed by atoms with van der Waals surface area (Å²) in [6, 6.07) is 0. The second kappa shape index (κ2) is 2.21. The van der Waals surface area contributed by atoms with Crippen LogP contribution < -0.4 is 0 Å². The predicted octanol–water partition coefficient (Wildman–Crippen LogP) is 1.23. The fraction of sp³-hybridized carbons (Fsp3) is 1.00. The van der Waals surface area contributed by atoms with Gasteiger partial charge in [-0.15, -0.1) is 23.2 Å². The summed E-state index contributed by atoms with van der Waals surface area (Å²) in [7, 11) is 0. The first-order chi connectivity index (χ1) is 3.38. The third kappa shape index (κ3) is 1.21. The van der Waals surface area contributed by atoms with Crippen LogP contribution in [0.1, 0.15) is 0 Å². The van der Waals surface area contributed by atoms with Crippen LogP contribution in [0.2, 0.25) is 0 Å². The van der Waals surface area contributed by atoms with Gasteiger partial charge >= 0.3 is 0 Å². The quantitative estimate of drug-likeness (QED) is 0.416. The van der Waals surface area contributed by atoms with Crippen molar-refractivity contribution in [3.05, 3.63) is 0 Å². The van der Waals surface area contributed by atoms with Gasteiger partial charge in [-0.25, -0.2) is 0 Å². The van der Waals surface area contributed by atoms with Crippen LogP contribution in [0, 0.1) is 0 Å². The van der Waals surface area contributed by atoms with Gasteiger partial charge < -0.3 is 4.74 Å². The Labute approximate surface area is 52.5 Å². The maximum atomic E-state index is 5.39. The molecular formula is C4H6Cl2O. The maximum Gasteiger partial charge on any atom is 0.0989 e. The minimum absolute atomic E-state index is 0.249. The molecule has 0 bridgehead atoms. The molecule has 0 unspecified atom stereocenters. The molecule has 0 aromatic carbocycles. The molecule has 1 nitrogen and oxygen atoms in total. The molecule has 0 aromatic heterocycles. The lowest BCUT2D eigenvalue weighted by molar-refractivity contribution is 0.391. The molecule has 0 spiro atoms. The largest absolute Gasteiger partial charge is 0.367 e. The van der Waals surface area contributed by atoms with E-state index in [1.165, 1.54) is 0 Å². The molecule has 0 saturated carbocycles. The summed E-state index contributed by atoms with van der Waals surface area (Å²) in [4.78, 5) is 0. The fourth-order valence-corrected chi connectivity index (χ4v) is 0.994. The van der Waals surface area contributed by atoms with Crippen molar-refractivity contribution in [3.8, 4) is 0 Å². The molecule has 0 amide bonds. The van der Waals surface area contributed by atoms with Crippen LogP contribution in [0.5, 0.6) is 0 Å². The van der Waals surface area contributed by atoms with E-state index in [0.29, 0.717) is 11.8 Å². The number of alkyl halides is 2. The molecule has 3 heteroatoms. The van der Waals surface area contributed by atoms with Gasteiger partial charge in [0.15, 0.2) is 0 Å². The molecule has 1 heterocycles. The van der Waals surface area contributed by atoms with Crippen LogP contribution in [-0.2, 0) is 4.74 Å². The van der Waals surface area contributed by atoms with Crippen LogP contribution in [-0.4, -0.2) is 24.0 Å². The topological polar surface area (TPSA) is 12.5 Å². The molecule has 1 rings (SSSR count). The number of halogens is 2. The van der Waals surface area contributed by atoms with Crippen LogP contribution >= 0.6 is 23.2 Å². The lowest BCUT2D eigenvalue weighted by atomic mass is 10.4. The highest BCUT2D eigenvalue weighted by atomic mass is 35.5. The number of epoxide rings is 1. The molecule has 0 N–H and O–H groups in total. The average Bonchev–Trinajstić information content (AvgIpc) is 2.43. The van der Waals surface area contributed by atoms with Gasteiger partial charge in [-0.3, -0.25) is 0 Å². The summed E-state index contributed by atoms with van der Waals surface area (Å²) in [6.07, 6.45) is 0.498. The van der Waals surface area contributed by atoms with E-state index in [1.54, 1.807) is 0 Å². The minimum atomic E-state index is 0.249. The number of rotatable bonds is 2. The molecular weight excluding hydrogens is 135 g/mol. The Morgan fingerprint density at radius 3 is 1.71 bits per heavy atom. The highest BCUT2D eigenvalue weighted by Gasteiger charge is 2.36. The van der Waals surface area contributed by atoms with Crippen molar-refractivity contribution < 1.29 is 4.74 Å². The second-order valence-electron chi connectivity index (χ2n) is 1.52. The van der Waals surface area contributed by atoms with Crippen LogP contribution in [0.15, 0.2) is 0 Å². The SMILES string of the molecule is ClC[C@H]1O[C@@H]1CCl. The maximum absolute atomic E-state index is 5.39. The Morgan fingerprint density at radius 2 is 1.57 bits per heavy atom. The summed E-state index contributed by atoms with van der Waals surface area (Å²) in [5.74, 6) is 1.16. The smallest absolute Gasteiger partial charge is 0.0989 e. The molecule has 2 atom stereocenters. The van der Waals surface area contributed by atoms with Crippen molar-refractivity contribution in [2.75, 3.05) is 11.8 Å². The van der Waals surface area contributed by atoms with Gasteiger partial charge in [0.05, 0.1) is 24.0 Å². The van der Waals surface area contributed by atoms with Crippen LogP contribution in [0.4, 0.5) is 0 Å². The summed E-state index contributed by atoms with van der Waals surface area (Å²) >= 11 is 10.8. The lowest BCUT2D eigenvalue weighted by Crippen LogP contribution is -1.94. The van der Waals surface area contributed by atoms with Gasteiger partial charge in [0.25, 0.3) is 0 Å². The Kier molecular flexibility index (Phi) is 1.79. The van der Waals surface area contributed by atoms with E-state index >= 15 is 0 Å². The Bertz CT molecular complexity index is 58.7. The molecule has 1 aliphatic heterocycles. The van der Waals surface area contributed by atoms with E-state index in [1.807, 2.05) is 0 Å². The first kappa shape index (κ1) is 5.67. The van der Waals surface area contributed by atoms with E-state index in [-0.39, 0.29) is 12.2 Å². The van der Waals surface area contributed by atoms with E-state index in [2.05, 4.69) is 0 Å². The van der Waals surface area contributed by atoms with Gasteiger partial charge in [0.1, 0.15) is 0 Å². The van der Waals surface area contributed by atoms with E-state index in [4.69, 9.17) is 27.9 Å². The first-order valence-electron chi connectivity index (χ1n) is 2.16. The van der Waals surface area contributed by atoms with Crippen molar-refractivity contribution in [1.82, 2.24) is 0 Å². The standard InChI is InChI=1S/C4H6Cl2O/c5-1-3-4(2-6)7-3/h3-4H,1-2H2/t3-,4-/m1/s1. The van der Waals surface area contributed by atoms with E-state index in [0.717, 1.165) is 0 Å². The monoisotopic (exact) mass is 140 g/mol. The van der Waals surface area contributed by atoms with Gasteiger partial charge in [-0.05, 0) is 0 Å². The van der Waals surface area contributed by atoms with Crippen molar-refractivity contribution in [2.24, 2.45) is 0 Å². The third-order valence-corrected chi connectivity index (χ3v) is 1.60. The first-order valence-corrected chi connectivity index (χ1v) is 3.22.